The normalized spacial score (nSPS) is 16.9. The Morgan fingerprint density at radius 2 is 1.42 bits per heavy atom. The van der Waals surface area contributed by atoms with Crippen molar-refractivity contribution in [3.05, 3.63) is 59.2 Å². The van der Waals surface area contributed by atoms with Crippen molar-refractivity contribution in [3.8, 4) is 0 Å². The van der Waals surface area contributed by atoms with Crippen molar-refractivity contribution >= 4 is 42.9 Å². The van der Waals surface area contributed by atoms with Crippen molar-refractivity contribution in [2.75, 3.05) is 13.1 Å². The molecule has 0 aromatic heterocycles. The second kappa shape index (κ2) is 13.0. The van der Waals surface area contributed by atoms with E-state index in [1.807, 2.05) is 0 Å². The molecule has 3 rings (SSSR count). The monoisotopic (exact) mass is 531 g/mol. The molecule has 0 bridgehead atoms. The maximum Gasteiger partial charge on any atom is 0.491 e. The number of benzene rings is 2. The molecule has 2 aromatic rings. The predicted molar refractivity (Wildman–Crippen MR) is 136 cm³/mol. The van der Waals surface area contributed by atoms with E-state index < -0.39 is 66.1 Å². The van der Waals surface area contributed by atoms with Crippen LogP contribution in [0.5, 0.6) is 0 Å². The number of nitrogens with zero attached hydrogens (tertiary/aromatic N) is 1. The molecule has 1 aliphatic carbocycles. The Morgan fingerprint density at radius 1 is 0.895 bits per heavy atom. The van der Waals surface area contributed by atoms with E-state index in [0.717, 1.165) is 12.1 Å². The number of amides is 3. The minimum Gasteiger partial charge on any atom is -0.423 e. The Morgan fingerprint density at radius 3 is 1.95 bits per heavy atom. The summed E-state index contributed by atoms with van der Waals surface area (Å²) in [5.41, 5.74) is -1.64. The van der Waals surface area contributed by atoms with Gasteiger partial charge in [0.15, 0.2) is 0 Å². The van der Waals surface area contributed by atoms with Gasteiger partial charge in [0.05, 0.1) is 11.1 Å². The van der Waals surface area contributed by atoms with Gasteiger partial charge in [-0.3, -0.25) is 14.4 Å². The molecule has 38 heavy (non-hydrogen) atoms. The van der Waals surface area contributed by atoms with Gasteiger partial charge in [-0.2, -0.15) is 0 Å². The van der Waals surface area contributed by atoms with Crippen molar-refractivity contribution in [1.29, 1.82) is 0 Å². The SMILES string of the molecule is CCNC(=O)CN(C(=O)c1cccc(B(O)O)c1F)C1CCC(NC(=O)c2cccc(B(O)O)c2F)CC1. The minimum absolute atomic E-state index is 0.325. The number of hydrogen-bond donors (Lipinski definition) is 6. The van der Waals surface area contributed by atoms with E-state index in [4.69, 9.17) is 0 Å². The third-order valence-electron chi connectivity index (χ3n) is 6.51. The molecule has 0 unspecified atom stereocenters. The van der Waals surface area contributed by atoms with Crippen LogP contribution in [-0.2, 0) is 4.79 Å². The molecule has 6 N–H and O–H groups in total. The first kappa shape index (κ1) is 29.2. The van der Waals surface area contributed by atoms with Crippen LogP contribution >= 0.6 is 0 Å². The molecule has 2 aromatic carbocycles. The Kier molecular flexibility index (Phi) is 9.97. The van der Waals surface area contributed by atoms with Gasteiger partial charge in [0.25, 0.3) is 11.8 Å². The minimum atomic E-state index is -2.12. The van der Waals surface area contributed by atoms with Crippen LogP contribution in [0.2, 0.25) is 0 Å². The lowest BCUT2D eigenvalue weighted by Gasteiger charge is -2.37. The van der Waals surface area contributed by atoms with Gasteiger partial charge in [0.2, 0.25) is 5.91 Å². The fraction of sp³-hybridized carbons (Fsp3) is 0.375. The quantitative estimate of drug-likeness (QED) is 0.218. The van der Waals surface area contributed by atoms with E-state index in [2.05, 4.69) is 10.6 Å². The maximum absolute atomic E-state index is 14.9. The summed E-state index contributed by atoms with van der Waals surface area (Å²) in [6.07, 6.45) is 1.44. The molecule has 202 valence electrons. The molecule has 0 spiro atoms. The number of nitrogens with one attached hydrogen (secondary N) is 2. The third kappa shape index (κ3) is 6.76. The van der Waals surface area contributed by atoms with Crippen LogP contribution in [0.3, 0.4) is 0 Å². The zero-order valence-corrected chi connectivity index (χ0v) is 20.7. The third-order valence-corrected chi connectivity index (χ3v) is 6.51. The molecular formula is C24H29B2F2N3O7. The van der Waals surface area contributed by atoms with Crippen LogP contribution in [-0.4, -0.2) is 82.1 Å². The van der Waals surface area contributed by atoms with E-state index in [1.165, 1.54) is 29.2 Å². The van der Waals surface area contributed by atoms with Crippen molar-refractivity contribution in [1.82, 2.24) is 15.5 Å². The van der Waals surface area contributed by atoms with Gasteiger partial charge < -0.3 is 35.6 Å². The number of halogens is 2. The lowest BCUT2D eigenvalue weighted by atomic mass is 9.78. The molecule has 3 amide bonds. The van der Waals surface area contributed by atoms with Gasteiger partial charge in [-0.15, -0.1) is 0 Å². The largest absolute Gasteiger partial charge is 0.491 e. The molecule has 0 radical (unpaired) electrons. The van der Waals surface area contributed by atoms with E-state index in [9.17, 15) is 43.3 Å². The summed E-state index contributed by atoms with van der Waals surface area (Å²) in [5.74, 6) is -4.09. The Bertz CT molecular complexity index is 1180. The van der Waals surface area contributed by atoms with Crippen LogP contribution in [0.15, 0.2) is 36.4 Å². The lowest BCUT2D eigenvalue weighted by molar-refractivity contribution is -0.122. The summed E-state index contributed by atoms with van der Waals surface area (Å²) < 4.78 is 29.4. The van der Waals surface area contributed by atoms with Crippen LogP contribution in [0, 0.1) is 11.6 Å². The number of likely N-dealkylation sites (N-methyl/N-ethyl adjacent to an activating group) is 1. The maximum atomic E-state index is 14.9. The summed E-state index contributed by atoms with van der Waals surface area (Å²) >= 11 is 0. The van der Waals surface area contributed by atoms with Gasteiger partial charge in [0, 0.05) is 29.6 Å². The molecule has 1 saturated carbocycles. The number of carbonyl (C=O) groups is 3. The van der Waals surface area contributed by atoms with E-state index in [0.29, 0.717) is 32.2 Å². The second-order valence-corrected chi connectivity index (χ2v) is 9.03. The molecular weight excluding hydrogens is 502 g/mol. The number of hydrogen-bond acceptors (Lipinski definition) is 7. The smallest absolute Gasteiger partial charge is 0.423 e. The molecule has 0 heterocycles. The summed E-state index contributed by atoms with van der Waals surface area (Å²) in [6, 6.07) is 6.49. The predicted octanol–water partition coefficient (Wildman–Crippen LogP) is -1.36. The summed E-state index contributed by atoms with van der Waals surface area (Å²) in [4.78, 5) is 39.6. The van der Waals surface area contributed by atoms with E-state index >= 15 is 0 Å². The fourth-order valence-corrected chi connectivity index (χ4v) is 4.56. The topological polar surface area (TPSA) is 159 Å². The standard InChI is InChI=1S/C24H29B2F2N3O7/c1-2-29-20(32)13-31(24(34)17-6-4-8-19(22(17)28)26(37)38)15-11-9-14(10-12-15)30-23(33)16-5-3-7-18(21(16)27)25(35)36/h3-8,14-15,35-38H,2,9-13H2,1H3,(H,29,32)(H,30,33). The van der Waals surface area contributed by atoms with Crippen LogP contribution < -0.4 is 21.6 Å². The fourth-order valence-electron chi connectivity index (χ4n) is 4.56. The summed E-state index contributed by atoms with van der Waals surface area (Å²) in [5, 5.41) is 42.7. The average molecular weight is 531 g/mol. The Balaban J connectivity index is 1.74. The average Bonchev–Trinajstić information content (AvgIpc) is 2.87. The zero-order valence-electron chi connectivity index (χ0n) is 20.7. The molecule has 10 nitrogen and oxygen atoms in total. The van der Waals surface area contributed by atoms with Crippen LogP contribution in [0.1, 0.15) is 53.3 Å². The van der Waals surface area contributed by atoms with E-state index in [1.54, 1.807) is 6.92 Å². The first-order valence-corrected chi connectivity index (χ1v) is 12.2. The van der Waals surface area contributed by atoms with Gasteiger partial charge in [-0.25, -0.2) is 8.78 Å². The first-order valence-electron chi connectivity index (χ1n) is 12.2. The van der Waals surface area contributed by atoms with E-state index in [-0.39, 0.29) is 18.2 Å². The molecule has 14 heteroatoms. The Hall–Kier alpha value is -3.32. The van der Waals surface area contributed by atoms with Crippen molar-refractivity contribution in [2.45, 2.75) is 44.7 Å². The molecule has 1 fully saturated rings. The number of carbonyl (C=O) groups excluding carboxylic acids is 3. The molecule has 0 atom stereocenters. The molecule has 0 aliphatic heterocycles. The summed E-state index contributed by atoms with van der Waals surface area (Å²) in [6.45, 7) is 1.69. The van der Waals surface area contributed by atoms with Crippen molar-refractivity contribution in [3.63, 3.8) is 0 Å². The molecule has 0 saturated heterocycles. The Labute approximate surface area is 218 Å². The van der Waals surface area contributed by atoms with Crippen LogP contribution in [0.4, 0.5) is 8.78 Å². The highest BCUT2D eigenvalue weighted by atomic mass is 19.1. The number of rotatable bonds is 9. The molecule has 1 aliphatic rings. The van der Waals surface area contributed by atoms with Gasteiger partial charge >= 0.3 is 14.2 Å². The van der Waals surface area contributed by atoms with Crippen molar-refractivity contribution in [2.24, 2.45) is 0 Å². The highest BCUT2D eigenvalue weighted by Gasteiger charge is 2.34. The van der Waals surface area contributed by atoms with Crippen molar-refractivity contribution < 1.29 is 43.3 Å². The van der Waals surface area contributed by atoms with Crippen LogP contribution in [0.25, 0.3) is 0 Å². The van der Waals surface area contributed by atoms with Gasteiger partial charge in [-0.1, -0.05) is 24.3 Å². The first-order chi connectivity index (χ1) is 18.0. The highest BCUT2D eigenvalue weighted by Crippen LogP contribution is 2.25. The van der Waals surface area contributed by atoms with Gasteiger partial charge in [-0.05, 0) is 44.7 Å². The summed E-state index contributed by atoms with van der Waals surface area (Å²) in [7, 11) is -4.19. The zero-order chi connectivity index (χ0) is 28.0. The van der Waals surface area contributed by atoms with Gasteiger partial charge in [0.1, 0.15) is 18.2 Å². The highest BCUT2D eigenvalue weighted by molar-refractivity contribution is 6.59. The second-order valence-electron chi connectivity index (χ2n) is 9.03. The lowest BCUT2D eigenvalue weighted by Crippen LogP contribution is -2.50.